The zero-order valence-corrected chi connectivity index (χ0v) is 17.5. The standard InChI is InChI=1S/C24H24FN5O/c1-16(2)30-21-11-4-3-10-20(21)29-22(30)12-14-27-24(31)19-9-6-13-26-23(19)28-18-8-5-7-17(25)15-18/h3-11,13,15-16H,12,14H2,1-2H3,(H,26,28)(H,27,31). The number of hydrogen-bond donors (Lipinski definition) is 2. The third-order valence-electron chi connectivity index (χ3n) is 4.96. The fourth-order valence-electron chi connectivity index (χ4n) is 3.62. The number of nitrogens with zero attached hydrogens (tertiary/aromatic N) is 3. The molecule has 4 aromatic rings. The molecule has 2 aromatic carbocycles. The molecule has 0 aliphatic carbocycles. The van der Waals surface area contributed by atoms with Gasteiger partial charge in [-0.3, -0.25) is 4.79 Å². The lowest BCUT2D eigenvalue weighted by molar-refractivity contribution is 0.0954. The Morgan fingerprint density at radius 1 is 1.10 bits per heavy atom. The average molecular weight is 417 g/mol. The number of benzene rings is 2. The van der Waals surface area contributed by atoms with Crippen molar-refractivity contribution in [3.8, 4) is 0 Å². The lowest BCUT2D eigenvalue weighted by Gasteiger charge is -2.14. The predicted octanol–water partition coefficient (Wildman–Crippen LogP) is 4.87. The average Bonchev–Trinajstić information content (AvgIpc) is 3.12. The van der Waals surface area contributed by atoms with Crippen LogP contribution in [0.1, 0.15) is 36.1 Å². The van der Waals surface area contributed by atoms with Crippen molar-refractivity contribution in [2.24, 2.45) is 0 Å². The van der Waals surface area contributed by atoms with Crippen molar-refractivity contribution >= 4 is 28.4 Å². The molecular weight excluding hydrogens is 393 g/mol. The van der Waals surface area contributed by atoms with Crippen LogP contribution in [0.25, 0.3) is 11.0 Å². The molecule has 2 N–H and O–H groups in total. The smallest absolute Gasteiger partial charge is 0.255 e. The summed E-state index contributed by atoms with van der Waals surface area (Å²) in [6, 6.07) is 17.7. The summed E-state index contributed by atoms with van der Waals surface area (Å²) in [6.07, 6.45) is 2.19. The van der Waals surface area contributed by atoms with Crippen LogP contribution in [0.15, 0.2) is 66.9 Å². The van der Waals surface area contributed by atoms with Crippen molar-refractivity contribution in [3.63, 3.8) is 0 Å². The summed E-state index contributed by atoms with van der Waals surface area (Å²) in [7, 11) is 0. The maximum Gasteiger partial charge on any atom is 0.255 e. The van der Waals surface area contributed by atoms with Crippen LogP contribution in [0.2, 0.25) is 0 Å². The molecule has 0 aliphatic heterocycles. The number of para-hydroxylation sites is 2. The molecule has 0 saturated carbocycles. The largest absolute Gasteiger partial charge is 0.351 e. The first kappa shape index (κ1) is 20.5. The Hall–Kier alpha value is -3.74. The molecule has 0 saturated heterocycles. The van der Waals surface area contributed by atoms with Gasteiger partial charge in [-0.1, -0.05) is 18.2 Å². The molecule has 0 atom stereocenters. The van der Waals surface area contributed by atoms with Crippen molar-refractivity contribution < 1.29 is 9.18 Å². The summed E-state index contributed by atoms with van der Waals surface area (Å²) in [6.45, 7) is 4.68. The quantitative estimate of drug-likeness (QED) is 0.450. The minimum absolute atomic E-state index is 0.251. The van der Waals surface area contributed by atoms with E-state index in [0.29, 0.717) is 30.0 Å². The van der Waals surface area contributed by atoms with Gasteiger partial charge >= 0.3 is 0 Å². The van der Waals surface area contributed by atoms with Crippen LogP contribution in [0.5, 0.6) is 0 Å². The second-order valence-electron chi connectivity index (χ2n) is 7.52. The fraction of sp³-hybridized carbons (Fsp3) is 0.208. The number of pyridine rings is 1. The van der Waals surface area contributed by atoms with Gasteiger partial charge in [0.15, 0.2) is 0 Å². The number of carbonyl (C=O) groups is 1. The maximum atomic E-state index is 13.5. The van der Waals surface area contributed by atoms with E-state index in [1.807, 2.05) is 18.2 Å². The molecule has 4 rings (SSSR count). The number of rotatable bonds is 7. The molecule has 0 bridgehead atoms. The summed E-state index contributed by atoms with van der Waals surface area (Å²) >= 11 is 0. The molecule has 1 amide bonds. The van der Waals surface area contributed by atoms with Crippen LogP contribution < -0.4 is 10.6 Å². The monoisotopic (exact) mass is 417 g/mol. The molecule has 0 fully saturated rings. The number of hydrogen-bond acceptors (Lipinski definition) is 4. The lowest BCUT2D eigenvalue weighted by atomic mass is 10.2. The summed E-state index contributed by atoms with van der Waals surface area (Å²) in [5.41, 5.74) is 2.96. The van der Waals surface area contributed by atoms with E-state index in [2.05, 4.69) is 40.1 Å². The Bertz CT molecular complexity index is 1220. The molecule has 0 radical (unpaired) electrons. The van der Waals surface area contributed by atoms with Crippen LogP contribution in [0.4, 0.5) is 15.9 Å². The number of amides is 1. The molecule has 158 valence electrons. The molecule has 2 heterocycles. The number of carbonyl (C=O) groups excluding carboxylic acids is 1. The van der Waals surface area contributed by atoms with E-state index in [0.717, 1.165) is 16.9 Å². The third-order valence-corrected chi connectivity index (χ3v) is 4.96. The van der Waals surface area contributed by atoms with Crippen molar-refractivity contribution in [1.82, 2.24) is 19.9 Å². The van der Waals surface area contributed by atoms with E-state index in [1.54, 1.807) is 30.5 Å². The highest BCUT2D eigenvalue weighted by atomic mass is 19.1. The number of nitrogens with one attached hydrogen (secondary N) is 2. The van der Waals surface area contributed by atoms with E-state index < -0.39 is 0 Å². The number of anilines is 2. The van der Waals surface area contributed by atoms with Crippen LogP contribution in [-0.4, -0.2) is 27.0 Å². The van der Waals surface area contributed by atoms with Crippen molar-refractivity contribution in [1.29, 1.82) is 0 Å². The van der Waals surface area contributed by atoms with Crippen molar-refractivity contribution in [2.75, 3.05) is 11.9 Å². The Morgan fingerprint density at radius 2 is 1.94 bits per heavy atom. The van der Waals surface area contributed by atoms with Gasteiger partial charge in [-0.15, -0.1) is 0 Å². The van der Waals surface area contributed by atoms with Gasteiger partial charge in [-0.05, 0) is 56.3 Å². The van der Waals surface area contributed by atoms with E-state index in [4.69, 9.17) is 4.98 Å². The van der Waals surface area contributed by atoms with Crippen molar-refractivity contribution in [2.45, 2.75) is 26.3 Å². The molecular formula is C24H24FN5O. The predicted molar refractivity (Wildman–Crippen MR) is 120 cm³/mol. The summed E-state index contributed by atoms with van der Waals surface area (Å²) in [5.74, 6) is 0.694. The minimum Gasteiger partial charge on any atom is -0.351 e. The highest BCUT2D eigenvalue weighted by Crippen LogP contribution is 2.22. The fourth-order valence-corrected chi connectivity index (χ4v) is 3.62. The van der Waals surface area contributed by atoms with Gasteiger partial charge in [-0.2, -0.15) is 0 Å². The van der Waals surface area contributed by atoms with Crippen LogP contribution in [-0.2, 0) is 6.42 Å². The van der Waals surface area contributed by atoms with Crippen LogP contribution in [0.3, 0.4) is 0 Å². The Labute approximate surface area is 180 Å². The number of aromatic nitrogens is 3. The van der Waals surface area contributed by atoms with Gasteiger partial charge in [0.1, 0.15) is 17.5 Å². The molecule has 6 nitrogen and oxygen atoms in total. The minimum atomic E-state index is -0.361. The number of imidazole rings is 1. The van der Waals surface area contributed by atoms with E-state index in [-0.39, 0.29) is 17.8 Å². The summed E-state index contributed by atoms with van der Waals surface area (Å²) in [5, 5.41) is 5.96. The lowest BCUT2D eigenvalue weighted by Crippen LogP contribution is -2.27. The van der Waals surface area contributed by atoms with Gasteiger partial charge < -0.3 is 15.2 Å². The summed E-state index contributed by atoms with van der Waals surface area (Å²) < 4.78 is 15.7. The first-order chi connectivity index (χ1) is 15.0. The normalized spacial score (nSPS) is 11.1. The zero-order chi connectivity index (χ0) is 21.8. The van der Waals surface area contributed by atoms with Gasteiger partial charge in [0, 0.05) is 30.9 Å². The molecule has 0 unspecified atom stereocenters. The van der Waals surface area contributed by atoms with Gasteiger partial charge in [-0.25, -0.2) is 14.4 Å². The van der Waals surface area contributed by atoms with E-state index in [1.165, 1.54) is 12.1 Å². The molecule has 0 aliphatic rings. The molecule has 2 aromatic heterocycles. The SMILES string of the molecule is CC(C)n1c(CCNC(=O)c2cccnc2Nc2cccc(F)c2)nc2ccccc21. The second-order valence-corrected chi connectivity index (χ2v) is 7.52. The highest BCUT2D eigenvalue weighted by Gasteiger charge is 2.15. The maximum absolute atomic E-state index is 13.5. The number of halogens is 1. The van der Waals surface area contributed by atoms with Crippen LogP contribution in [0, 0.1) is 5.82 Å². The highest BCUT2D eigenvalue weighted by molar-refractivity contribution is 5.99. The molecule has 31 heavy (non-hydrogen) atoms. The van der Waals surface area contributed by atoms with E-state index >= 15 is 0 Å². The number of fused-ring (bicyclic) bond motifs is 1. The Kier molecular flexibility index (Phi) is 5.93. The molecule has 7 heteroatoms. The zero-order valence-electron chi connectivity index (χ0n) is 17.5. The van der Waals surface area contributed by atoms with Gasteiger partial charge in [0.05, 0.1) is 16.6 Å². The first-order valence-electron chi connectivity index (χ1n) is 10.2. The first-order valence-corrected chi connectivity index (χ1v) is 10.2. The van der Waals surface area contributed by atoms with Crippen LogP contribution >= 0.6 is 0 Å². The second kappa shape index (κ2) is 8.95. The molecule has 0 spiro atoms. The Balaban J connectivity index is 1.47. The van der Waals surface area contributed by atoms with Gasteiger partial charge in [0.25, 0.3) is 5.91 Å². The Morgan fingerprint density at radius 3 is 2.74 bits per heavy atom. The van der Waals surface area contributed by atoms with Crippen molar-refractivity contribution in [3.05, 3.63) is 84.1 Å². The summed E-state index contributed by atoms with van der Waals surface area (Å²) in [4.78, 5) is 21.8. The topological polar surface area (TPSA) is 71.8 Å². The third kappa shape index (κ3) is 4.55. The van der Waals surface area contributed by atoms with E-state index in [9.17, 15) is 9.18 Å². The van der Waals surface area contributed by atoms with Gasteiger partial charge in [0.2, 0.25) is 0 Å².